The first-order valence-corrected chi connectivity index (χ1v) is 8.07. The summed E-state index contributed by atoms with van der Waals surface area (Å²) in [5.41, 5.74) is 0. The molecule has 22 heavy (non-hydrogen) atoms. The fourth-order valence-corrected chi connectivity index (χ4v) is 2.32. The Labute approximate surface area is 178 Å². The van der Waals surface area contributed by atoms with Crippen LogP contribution in [-0.2, 0) is 24.4 Å². The Balaban J connectivity index is -0.000000301. The van der Waals surface area contributed by atoms with Crippen LogP contribution in [0.1, 0.15) is 48.8 Å². The molecule has 0 saturated carbocycles. The molecule has 10 heteroatoms. The second-order valence-corrected chi connectivity index (χ2v) is 6.25. The van der Waals surface area contributed by atoms with Gasteiger partial charge in [-0.15, -0.1) is 0 Å². The second kappa shape index (κ2) is 14.2. The Kier molecular flexibility index (Phi) is 17.9. The summed E-state index contributed by atoms with van der Waals surface area (Å²) in [5, 5.41) is 6.49. The van der Waals surface area contributed by atoms with Crippen molar-refractivity contribution in [2.45, 2.75) is 51.2 Å². The Hall–Kier alpha value is 0.850. The van der Waals surface area contributed by atoms with Gasteiger partial charge in [-0.2, -0.15) is 8.42 Å². The largest absolute Gasteiger partial charge is 1.00 e. The molecule has 0 saturated heterocycles. The molecule has 2 N–H and O–H groups in total. The van der Waals surface area contributed by atoms with Crippen molar-refractivity contribution in [3.05, 3.63) is 0 Å². The molecule has 0 bridgehead atoms. The number of carboxylic acids is 1. The number of hydrogen-bond acceptors (Lipinski definition) is 5. The molecule has 2 atom stereocenters. The van der Waals surface area contributed by atoms with Crippen LogP contribution in [-0.4, -0.2) is 41.9 Å². The van der Waals surface area contributed by atoms with Crippen molar-refractivity contribution in [3.63, 3.8) is 0 Å². The van der Waals surface area contributed by atoms with Gasteiger partial charge in [-0.3, -0.25) is 14.1 Å². The van der Waals surface area contributed by atoms with Crippen molar-refractivity contribution in [1.29, 1.82) is 0 Å². The van der Waals surface area contributed by atoms with E-state index in [-0.39, 0.29) is 74.5 Å². The number of aliphatic carboxylic acids is 1. The Morgan fingerprint density at radius 2 is 1.77 bits per heavy atom. The Bertz CT molecular complexity index is 435. The van der Waals surface area contributed by atoms with E-state index in [0.29, 0.717) is 0 Å². The van der Waals surface area contributed by atoms with E-state index >= 15 is 0 Å². The van der Waals surface area contributed by atoms with Gasteiger partial charge in [-0.25, -0.2) is 0 Å². The maximum Gasteiger partial charge on any atom is 1.00 e. The average molecular weight is 358 g/mol. The third-order valence-corrected chi connectivity index (χ3v) is 4.07. The number of unbranched alkanes of at least 4 members (excludes halogenated alkanes) is 1. The fourth-order valence-electron chi connectivity index (χ4n) is 1.66. The summed E-state index contributed by atoms with van der Waals surface area (Å²) < 4.78 is 35.7. The zero-order valence-electron chi connectivity index (χ0n) is 15.7. The van der Waals surface area contributed by atoms with E-state index < -0.39 is 33.7 Å². The zero-order chi connectivity index (χ0) is 15.8. The van der Waals surface area contributed by atoms with Crippen molar-refractivity contribution >= 4 is 22.1 Å². The summed E-state index contributed by atoms with van der Waals surface area (Å²) in [4.78, 5) is 22.1. The molecular formula is C12H24Na2O7S. The average Bonchev–Trinajstić information content (AvgIpc) is 2.34. The van der Waals surface area contributed by atoms with E-state index in [1.807, 2.05) is 13.8 Å². The number of carboxylic acid groups (broad SMARTS) is 1. The molecular weight excluding hydrogens is 334 g/mol. The van der Waals surface area contributed by atoms with Gasteiger partial charge in [0.15, 0.2) is 5.25 Å². The van der Waals surface area contributed by atoms with Crippen LogP contribution in [0.4, 0.5) is 0 Å². The van der Waals surface area contributed by atoms with Gasteiger partial charge in [-0.1, -0.05) is 33.1 Å². The molecule has 0 aromatic rings. The summed E-state index contributed by atoms with van der Waals surface area (Å²) in [7, 11) is -4.79. The summed E-state index contributed by atoms with van der Waals surface area (Å²) >= 11 is 0. The molecule has 0 amide bonds. The third-order valence-electron chi connectivity index (χ3n) is 2.99. The molecule has 0 radical (unpaired) electrons. The SMILES string of the molecule is CCCCC(CC)COC(=O)C(CC(=O)O)S(=O)(=O)O.[H-].[H-].[Na+].[Na+]. The number of ether oxygens (including phenoxy) is 1. The van der Waals surface area contributed by atoms with Crippen LogP contribution in [0.5, 0.6) is 0 Å². The van der Waals surface area contributed by atoms with Crippen molar-refractivity contribution in [2.75, 3.05) is 6.61 Å². The van der Waals surface area contributed by atoms with Crippen LogP contribution in [0.15, 0.2) is 0 Å². The van der Waals surface area contributed by atoms with Gasteiger partial charge in [0.1, 0.15) is 0 Å². The minimum atomic E-state index is -4.79. The zero-order valence-corrected chi connectivity index (χ0v) is 18.6. The number of carbonyl (C=O) groups is 2. The fraction of sp³-hybridized carbons (Fsp3) is 0.833. The van der Waals surface area contributed by atoms with Crippen LogP contribution >= 0.6 is 0 Å². The Morgan fingerprint density at radius 3 is 2.14 bits per heavy atom. The maximum absolute atomic E-state index is 11.6. The molecule has 0 aliphatic carbocycles. The van der Waals surface area contributed by atoms with E-state index in [1.165, 1.54) is 0 Å². The molecule has 0 aliphatic rings. The summed E-state index contributed by atoms with van der Waals surface area (Å²) in [6, 6.07) is 0. The standard InChI is InChI=1S/C12H22O7S.2Na.2H/c1-3-5-6-9(4-2)8-19-12(15)10(7-11(13)14)20(16,17)18;;;;/h9-10H,3-8H2,1-2H3,(H,13,14)(H,16,17,18);;;;/q;2*+1;2*-1. The minimum Gasteiger partial charge on any atom is -1.00 e. The van der Waals surface area contributed by atoms with E-state index in [2.05, 4.69) is 0 Å². The quantitative estimate of drug-likeness (QED) is 0.230. The predicted octanol–water partition coefficient (Wildman–Crippen LogP) is -4.29. The van der Waals surface area contributed by atoms with Crippen molar-refractivity contribution in [1.82, 2.24) is 0 Å². The maximum atomic E-state index is 11.6. The van der Waals surface area contributed by atoms with Crippen molar-refractivity contribution in [2.24, 2.45) is 5.92 Å². The molecule has 0 rings (SSSR count). The van der Waals surface area contributed by atoms with Crippen molar-refractivity contribution in [3.8, 4) is 0 Å². The van der Waals surface area contributed by atoms with E-state index in [4.69, 9.17) is 14.4 Å². The molecule has 0 aromatic heterocycles. The van der Waals surface area contributed by atoms with Crippen LogP contribution in [0, 0.1) is 5.92 Å². The molecule has 0 aliphatic heterocycles. The van der Waals surface area contributed by atoms with Crippen LogP contribution in [0.3, 0.4) is 0 Å². The normalized spacial score (nSPS) is 13.2. The van der Waals surface area contributed by atoms with E-state index in [9.17, 15) is 18.0 Å². The molecule has 0 fully saturated rings. The van der Waals surface area contributed by atoms with Gasteiger partial charge in [0.2, 0.25) is 0 Å². The van der Waals surface area contributed by atoms with Gasteiger partial charge in [-0.05, 0) is 12.3 Å². The molecule has 0 heterocycles. The second-order valence-electron chi connectivity index (χ2n) is 4.65. The first-order valence-electron chi connectivity index (χ1n) is 6.57. The van der Waals surface area contributed by atoms with Crippen LogP contribution < -0.4 is 59.1 Å². The van der Waals surface area contributed by atoms with Crippen LogP contribution in [0.2, 0.25) is 0 Å². The summed E-state index contributed by atoms with van der Waals surface area (Å²) in [6.07, 6.45) is 2.56. The molecule has 0 spiro atoms. The van der Waals surface area contributed by atoms with Gasteiger partial charge in [0.05, 0.1) is 13.0 Å². The van der Waals surface area contributed by atoms with E-state index in [0.717, 1.165) is 25.7 Å². The first kappa shape index (κ1) is 27.7. The Morgan fingerprint density at radius 1 is 1.23 bits per heavy atom. The van der Waals surface area contributed by atoms with Gasteiger partial charge < -0.3 is 12.7 Å². The monoisotopic (exact) mass is 358 g/mol. The van der Waals surface area contributed by atoms with Gasteiger partial charge in [0, 0.05) is 0 Å². The topological polar surface area (TPSA) is 118 Å². The number of carbonyl (C=O) groups excluding carboxylic acids is 1. The smallest absolute Gasteiger partial charge is 1.00 e. The molecule has 0 aromatic carbocycles. The summed E-state index contributed by atoms with van der Waals surface area (Å²) in [6.45, 7) is 3.98. The predicted molar refractivity (Wildman–Crippen MR) is 74.1 cm³/mol. The first-order chi connectivity index (χ1) is 9.22. The summed E-state index contributed by atoms with van der Waals surface area (Å²) in [5.74, 6) is -2.61. The van der Waals surface area contributed by atoms with Gasteiger partial charge >= 0.3 is 71.1 Å². The number of esters is 1. The van der Waals surface area contributed by atoms with Crippen LogP contribution in [0.25, 0.3) is 0 Å². The molecule has 7 nitrogen and oxygen atoms in total. The molecule has 2 unspecified atom stereocenters. The van der Waals surface area contributed by atoms with Crippen molar-refractivity contribution < 1.29 is 94.4 Å². The van der Waals surface area contributed by atoms with Gasteiger partial charge in [0.25, 0.3) is 10.1 Å². The van der Waals surface area contributed by atoms with E-state index in [1.54, 1.807) is 0 Å². The molecule has 122 valence electrons. The third kappa shape index (κ3) is 12.3. The minimum absolute atomic E-state index is 0. The number of hydrogen-bond donors (Lipinski definition) is 2. The number of rotatable bonds is 10.